The Hall–Kier alpha value is 0.502. The number of hydrogen-bond donors (Lipinski definition) is 4. The van der Waals surface area contributed by atoms with Gasteiger partial charge in [-0.25, -0.2) is 0 Å². The molecule has 0 bridgehead atoms. The van der Waals surface area contributed by atoms with Crippen molar-refractivity contribution in [3.63, 3.8) is 0 Å². The summed E-state index contributed by atoms with van der Waals surface area (Å²) < 4.78 is 13.8. The molecule has 1 spiro atoms. The van der Waals surface area contributed by atoms with Crippen LogP contribution in [0.3, 0.4) is 0 Å². The van der Waals surface area contributed by atoms with Crippen molar-refractivity contribution in [3.05, 3.63) is 0 Å². The fraction of sp³-hybridized carbons (Fsp3) is 1.00. The SMILES string of the molecule is C1C[NH][Pd]2([NH]1)[NH]CC[NH]2. The van der Waals surface area contributed by atoms with Gasteiger partial charge in [0, 0.05) is 0 Å². The van der Waals surface area contributed by atoms with Gasteiger partial charge in [0.1, 0.15) is 0 Å². The molecule has 0 aromatic rings. The second kappa shape index (κ2) is 2.28. The molecule has 9 heavy (non-hydrogen) atoms. The van der Waals surface area contributed by atoms with Crippen LogP contribution in [0, 0.1) is 0 Å². The summed E-state index contributed by atoms with van der Waals surface area (Å²) in [5.74, 6) is 0. The molecule has 0 aliphatic carbocycles. The molecule has 0 amide bonds. The van der Waals surface area contributed by atoms with Crippen molar-refractivity contribution in [1.29, 1.82) is 0 Å². The van der Waals surface area contributed by atoms with Gasteiger partial charge in [-0.05, 0) is 0 Å². The Morgan fingerprint density at radius 2 is 1.00 bits per heavy atom. The average Bonchev–Trinajstić information content (AvgIpc) is 2.45. The topological polar surface area (TPSA) is 48.1 Å². The molecule has 2 fully saturated rings. The van der Waals surface area contributed by atoms with Crippen LogP contribution in [0.25, 0.3) is 0 Å². The van der Waals surface area contributed by atoms with E-state index in [1.807, 2.05) is 0 Å². The van der Waals surface area contributed by atoms with Crippen molar-refractivity contribution in [2.45, 2.75) is 0 Å². The maximum absolute atomic E-state index is 3.45. The standard InChI is InChI=1S/2C2H6N2.Pd/c2*3-1-2-4;/h2*3-4H,1-2H2;/q2*-2;+4. The van der Waals surface area contributed by atoms with Crippen molar-refractivity contribution >= 4 is 0 Å². The molecular formula is C4H12N4Pd. The number of rotatable bonds is 0. The van der Waals surface area contributed by atoms with Gasteiger partial charge in [-0.15, -0.1) is 0 Å². The van der Waals surface area contributed by atoms with E-state index in [2.05, 4.69) is 15.8 Å². The van der Waals surface area contributed by atoms with Gasteiger partial charge in [-0.2, -0.15) is 0 Å². The quantitative estimate of drug-likeness (QED) is 0.365. The van der Waals surface area contributed by atoms with Gasteiger partial charge in [-0.1, -0.05) is 0 Å². The molecule has 5 heteroatoms. The van der Waals surface area contributed by atoms with Gasteiger partial charge in [0.25, 0.3) is 0 Å². The van der Waals surface area contributed by atoms with E-state index in [0.29, 0.717) is 0 Å². The van der Waals surface area contributed by atoms with Crippen LogP contribution in [-0.4, -0.2) is 26.2 Å². The summed E-state index contributed by atoms with van der Waals surface area (Å²) in [7, 11) is 0. The van der Waals surface area contributed by atoms with Crippen LogP contribution in [-0.2, 0) is 16.5 Å². The average molecular weight is 223 g/mol. The molecule has 2 aliphatic heterocycles. The van der Waals surface area contributed by atoms with E-state index in [4.69, 9.17) is 0 Å². The summed E-state index contributed by atoms with van der Waals surface area (Å²) >= 11 is -1.58. The molecule has 4 nitrogen and oxygen atoms in total. The molecule has 2 rings (SSSR count). The molecular weight excluding hydrogens is 210 g/mol. The minimum atomic E-state index is -1.58. The van der Waals surface area contributed by atoms with Crippen molar-refractivity contribution in [2.24, 2.45) is 0 Å². The van der Waals surface area contributed by atoms with Crippen LogP contribution >= 0.6 is 0 Å². The Balaban J connectivity index is 2.04. The first-order valence-electron chi connectivity index (χ1n) is 3.05. The molecule has 2 aliphatic rings. The maximum atomic E-state index is 3.45. The molecule has 2 heterocycles. The fourth-order valence-electron chi connectivity index (χ4n) is 0.870. The summed E-state index contributed by atoms with van der Waals surface area (Å²) in [6.45, 7) is 4.43. The molecule has 4 N–H and O–H groups in total. The second-order valence-electron chi connectivity index (χ2n) is 1.92. The zero-order chi connectivity index (χ0) is 6.16. The molecule has 2 saturated heterocycles. The summed E-state index contributed by atoms with van der Waals surface area (Å²) in [5.41, 5.74) is 0. The predicted octanol–water partition coefficient (Wildman–Crippen LogP) is -1.81. The normalized spacial score (nSPS) is 35.6. The van der Waals surface area contributed by atoms with Crippen molar-refractivity contribution in [1.82, 2.24) is 15.8 Å². The fourth-order valence-corrected chi connectivity index (χ4v) is 5.14. The molecule has 0 radical (unpaired) electrons. The molecule has 0 unspecified atom stereocenters. The van der Waals surface area contributed by atoms with Crippen LogP contribution in [0.2, 0.25) is 0 Å². The van der Waals surface area contributed by atoms with E-state index in [9.17, 15) is 0 Å². The minimum absolute atomic E-state index is 1.11. The van der Waals surface area contributed by atoms with E-state index in [1.165, 1.54) is 0 Å². The van der Waals surface area contributed by atoms with E-state index < -0.39 is 16.5 Å². The van der Waals surface area contributed by atoms with Crippen molar-refractivity contribution < 1.29 is 16.5 Å². The summed E-state index contributed by atoms with van der Waals surface area (Å²) in [6.07, 6.45) is 0. The third-order valence-corrected chi connectivity index (χ3v) is 6.09. The Bertz CT molecular complexity index is 87.6. The zero-order valence-electron chi connectivity index (χ0n) is 5.14. The first-order valence-corrected chi connectivity index (χ1v) is 6.16. The zero-order valence-corrected chi connectivity index (χ0v) is 6.70. The van der Waals surface area contributed by atoms with Gasteiger partial charge < -0.3 is 0 Å². The summed E-state index contributed by atoms with van der Waals surface area (Å²) in [5, 5.41) is 0. The van der Waals surface area contributed by atoms with E-state index in [0.717, 1.165) is 26.2 Å². The number of hydrogen-bond acceptors (Lipinski definition) is 4. The van der Waals surface area contributed by atoms with E-state index >= 15 is 0 Å². The van der Waals surface area contributed by atoms with Crippen LogP contribution in [0.4, 0.5) is 0 Å². The molecule has 0 aromatic heterocycles. The summed E-state index contributed by atoms with van der Waals surface area (Å²) in [6, 6.07) is 0. The predicted molar refractivity (Wildman–Crippen MR) is 32.0 cm³/mol. The van der Waals surface area contributed by atoms with Gasteiger partial charge in [0.2, 0.25) is 0 Å². The third kappa shape index (κ3) is 1.05. The van der Waals surface area contributed by atoms with Gasteiger partial charge in [0.05, 0.1) is 0 Å². The second-order valence-corrected chi connectivity index (χ2v) is 6.45. The molecule has 58 valence electrons. The van der Waals surface area contributed by atoms with Crippen LogP contribution in [0.15, 0.2) is 0 Å². The van der Waals surface area contributed by atoms with Crippen LogP contribution in [0.5, 0.6) is 0 Å². The Labute approximate surface area is 58.9 Å². The monoisotopic (exact) mass is 222 g/mol. The Morgan fingerprint density at radius 3 is 1.33 bits per heavy atom. The van der Waals surface area contributed by atoms with Gasteiger partial charge in [0.15, 0.2) is 0 Å². The van der Waals surface area contributed by atoms with Crippen molar-refractivity contribution in [3.8, 4) is 0 Å². The summed E-state index contributed by atoms with van der Waals surface area (Å²) in [4.78, 5) is 0. The van der Waals surface area contributed by atoms with Gasteiger partial charge in [-0.3, -0.25) is 0 Å². The molecule has 0 saturated carbocycles. The Morgan fingerprint density at radius 1 is 0.667 bits per heavy atom. The first kappa shape index (κ1) is 6.23. The van der Waals surface area contributed by atoms with Crippen molar-refractivity contribution in [2.75, 3.05) is 26.2 Å². The van der Waals surface area contributed by atoms with Crippen LogP contribution < -0.4 is 15.8 Å². The van der Waals surface area contributed by atoms with E-state index in [1.54, 1.807) is 0 Å². The molecule has 0 aromatic carbocycles. The first-order chi connectivity index (χ1) is 4.41. The molecule has 0 atom stereocenters. The van der Waals surface area contributed by atoms with E-state index in [-0.39, 0.29) is 0 Å². The number of nitrogens with one attached hydrogen (secondary N) is 4. The van der Waals surface area contributed by atoms with Crippen LogP contribution in [0.1, 0.15) is 0 Å². The Kier molecular flexibility index (Phi) is 1.57. The third-order valence-electron chi connectivity index (χ3n) is 1.24. The van der Waals surface area contributed by atoms with Gasteiger partial charge >= 0.3 is 58.5 Å².